The summed E-state index contributed by atoms with van der Waals surface area (Å²) in [5.41, 5.74) is 9.18. The zero-order chi connectivity index (χ0) is 37.7. The minimum Gasteiger partial charge on any atom is -0.497 e. The highest BCUT2D eigenvalue weighted by atomic mass is 16.5. The van der Waals surface area contributed by atoms with Crippen LogP contribution >= 0.6 is 0 Å². The molecule has 0 saturated carbocycles. The van der Waals surface area contributed by atoms with Crippen molar-refractivity contribution in [2.24, 2.45) is 0 Å². The number of hydrogen-bond acceptors (Lipinski definition) is 6. The molecule has 0 aliphatic carbocycles. The summed E-state index contributed by atoms with van der Waals surface area (Å²) >= 11 is 0. The Morgan fingerprint density at radius 3 is 1.33 bits per heavy atom. The van der Waals surface area contributed by atoms with Gasteiger partial charge in [-0.15, -0.1) is 0 Å². The fourth-order valence-electron chi connectivity index (χ4n) is 6.63. The maximum Gasteiger partial charge on any atom is 0.256 e. The Hall–Kier alpha value is -7.32. The van der Waals surface area contributed by atoms with Gasteiger partial charge in [-0.25, -0.2) is 9.97 Å². The van der Waals surface area contributed by atoms with Crippen LogP contribution in [0, 0.1) is 0 Å². The highest BCUT2D eigenvalue weighted by molar-refractivity contribution is 6.14. The van der Waals surface area contributed by atoms with Gasteiger partial charge in [-0.05, 0) is 90.3 Å². The Labute approximate surface area is 318 Å². The monoisotopic (exact) mass is 720 g/mol. The van der Waals surface area contributed by atoms with Gasteiger partial charge < -0.3 is 20.1 Å². The summed E-state index contributed by atoms with van der Waals surface area (Å²) in [6, 6.07) is 49.9. The normalized spacial score (nSPS) is 10.9. The van der Waals surface area contributed by atoms with E-state index >= 15 is 0 Å². The first-order chi connectivity index (χ1) is 26.9. The van der Waals surface area contributed by atoms with Gasteiger partial charge in [-0.1, -0.05) is 84.9 Å². The fourth-order valence-corrected chi connectivity index (χ4v) is 6.63. The SMILES string of the molecule is COc1cccc(-c2cc(C(=O)Nc3ccc(Cc4ccc(NC(=O)c5cc(-c6cccc(OC)c6)nc6ccccc56)cc4)cc3)c3ccccc3n2)c1. The molecule has 0 fully saturated rings. The van der Waals surface area contributed by atoms with E-state index in [0.29, 0.717) is 40.3 Å². The lowest BCUT2D eigenvalue weighted by atomic mass is 10.0. The maximum atomic E-state index is 13.7. The van der Waals surface area contributed by atoms with Crippen molar-refractivity contribution in [3.05, 3.63) is 180 Å². The molecule has 0 saturated heterocycles. The number of carbonyl (C=O) groups is 2. The first-order valence-electron chi connectivity index (χ1n) is 17.8. The summed E-state index contributed by atoms with van der Waals surface area (Å²) in [4.78, 5) is 37.0. The number of carbonyl (C=O) groups excluding carboxylic acids is 2. The van der Waals surface area contributed by atoms with Crippen molar-refractivity contribution < 1.29 is 19.1 Å². The fraction of sp³-hybridized carbons (Fsp3) is 0.0638. The second-order valence-electron chi connectivity index (χ2n) is 13.1. The third kappa shape index (κ3) is 7.61. The van der Waals surface area contributed by atoms with Crippen LogP contribution in [0.1, 0.15) is 31.8 Å². The second kappa shape index (κ2) is 15.3. The van der Waals surface area contributed by atoms with Crippen LogP contribution in [0.4, 0.5) is 11.4 Å². The van der Waals surface area contributed by atoms with Crippen molar-refractivity contribution in [1.29, 1.82) is 0 Å². The topological polar surface area (TPSA) is 102 Å². The molecule has 0 radical (unpaired) electrons. The molecule has 55 heavy (non-hydrogen) atoms. The Balaban J connectivity index is 0.950. The average molecular weight is 721 g/mol. The molecule has 8 aromatic rings. The second-order valence-corrected chi connectivity index (χ2v) is 13.1. The van der Waals surface area contributed by atoms with Gasteiger partial charge in [-0.3, -0.25) is 9.59 Å². The standard InChI is InChI=1S/C47H36N4O4/c1-54-36-11-7-9-32(26-36)44-28-40(38-13-3-5-15-42(38)50-44)46(52)48-34-21-17-30(18-22-34)25-31-19-23-35(24-20-31)49-47(53)41-29-45(33-10-8-12-37(27-33)55-2)51-43-16-6-4-14-39(41)43/h3-24,26-29H,25H2,1-2H3,(H,48,52)(H,49,53). The molecule has 0 atom stereocenters. The number of ether oxygens (including phenoxy) is 2. The molecule has 0 aliphatic rings. The molecule has 268 valence electrons. The predicted octanol–water partition coefficient (Wildman–Crippen LogP) is 10.2. The number of amides is 2. The van der Waals surface area contributed by atoms with Crippen molar-refractivity contribution >= 4 is 45.0 Å². The smallest absolute Gasteiger partial charge is 0.256 e. The molecular formula is C47H36N4O4. The lowest BCUT2D eigenvalue weighted by Crippen LogP contribution is -2.13. The van der Waals surface area contributed by atoms with E-state index in [4.69, 9.17) is 19.4 Å². The van der Waals surface area contributed by atoms with E-state index in [9.17, 15) is 9.59 Å². The van der Waals surface area contributed by atoms with Gasteiger partial charge in [0.2, 0.25) is 0 Å². The van der Waals surface area contributed by atoms with Gasteiger partial charge in [0.15, 0.2) is 0 Å². The zero-order valence-electron chi connectivity index (χ0n) is 30.2. The number of aromatic nitrogens is 2. The zero-order valence-corrected chi connectivity index (χ0v) is 30.2. The van der Waals surface area contributed by atoms with Crippen LogP contribution in [0.5, 0.6) is 11.5 Å². The molecule has 2 heterocycles. The van der Waals surface area contributed by atoms with Crippen LogP contribution in [0.15, 0.2) is 158 Å². The van der Waals surface area contributed by atoms with E-state index in [1.807, 2.05) is 158 Å². The van der Waals surface area contributed by atoms with Crippen LogP contribution in [0.3, 0.4) is 0 Å². The molecule has 2 amide bonds. The number of benzene rings is 6. The lowest BCUT2D eigenvalue weighted by molar-refractivity contribution is 0.102. The predicted molar refractivity (Wildman–Crippen MR) is 219 cm³/mol. The lowest BCUT2D eigenvalue weighted by Gasteiger charge is -2.12. The van der Waals surface area contributed by atoms with E-state index in [0.717, 1.165) is 55.6 Å². The van der Waals surface area contributed by atoms with Crippen LogP contribution in [0.25, 0.3) is 44.3 Å². The Bertz CT molecular complexity index is 2510. The first kappa shape index (κ1) is 34.7. The largest absolute Gasteiger partial charge is 0.497 e. The summed E-state index contributed by atoms with van der Waals surface area (Å²) in [7, 11) is 3.25. The van der Waals surface area contributed by atoms with E-state index in [-0.39, 0.29) is 11.8 Å². The Kier molecular flexibility index (Phi) is 9.69. The number of methoxy groups -OCH3 is 2. The first-order valence-corrected chi connectivity index (χ1v) is 17.8. The molecule has 2 aromatic heterocycles. The van der Waals surface area contributed by atoms with Crippen molar-refractivity contribution in [1.82, 2.24) is 9.97 Å². The van der Waals surface area contributed by atoms with Crippen LogP contribution in [-0.4, -0.2) is 36.0 Å². The van der Waals surface area contributed by atoms with E-state index in [1.165, 1.54) is 0 Å². The van der Waals surface area contributed by atoms with Gasteiger partial charge in [0.25, 0.3) is 11.8 Å². The molecule has 0 aliphatic heterocycles. The molecular weight excluding hydrogens is 685 g/mol. The van der Waals surface area contributed by atoms with E-state index in [1.54, 1.807) is 14.2 Å². The summed E-state index contributed by atoms with van der Waals surface area (Å²) in [6.07, 6.45) is 0.681. The molecule has 8 nitrogen and oxygen atoms in total. The van der Waals surface area contributed by atoms with E-state index in [2.05, 4.69) is 10.6 Å². The summed E-state index contributed by atoms with van der Waals surface area (Å²) in [5, 5.41) is 7.69. The van der Waals surface area contributed by atoms with Crippen LogP contribution < -0.4 is 20.1 Å². The van der Waals surface area contributed by atoms with Gasteiger partial charge in [0, 0.05) is 33.3 Å². The highest BCUT2D eigenvalue weighted by Gasteiger charge is 2.17. The average Bonchev–Trinajstić information content (AvgIpc) is 3.24. The summed E-state index contributed by atoms with van der Waals surface area (Å²) in [5.74, 6) is 1.00. The molecule has 0 bridgehead atoms. The summed E-state index contributed by atoms with van der Waals surface area (Å²) < 4.78 is 10.8. The van der Waals surface area contributed by atoms with Crippen molar-refractivity contribution in [2.45, 2.75) is 6.42 Å². The van der Waals surface area contributed by atoms with Crippen LogP contribution in [0.2, 0.25) is 0 Å². The maximum absolute atomic E-state index is 13.7. The van der Waals surface area contributed by atoms with Crippen molar-refractivity contribution in [3.63, 3.8) is 0 Å². The van der Waals surface area contributed by atoms with Gasteiger partial charge in [-0.2, -0.15) is 0 Å². The molecule has 8 rings (SSSR count). The number of rotatable bonds is 10. The Morgan fingerprint density at radius 2 is 0.909 bits per heavy atom. The van der Waals surface area contributed by atoms with E-state index < -0.39 is 0 Å². The number of nitrogens with one attached hydrogen (secondary N) is 2. The minimum atomic E-state index is -0.218. The highest BCUT2D eigenvalue weighted by Crippen LogP contribution is 2.30. The number of pyridine rings is 2. The molecule has 2 N–H and O–H groups in total. The minimum absolute atomic E-state index is 0.218. The molecule has 8 heteroatoms. The number of para-hydroxylation sites is 2. The number of fused-ring (bicyclic) bond motifs is 2. The molecule has 0 spiro atoms. The quantitative estimate of drug-likeness (QED) is 0.146. The molecule has 6 aromatic carbocycles. The number of hydrogen-bond donors (Lipinski definition) is 2. The Morgan fingerprint density at radius 1 is 0.491 bits per heavy atom. The summed E-state index contributed by atoms with van der Waals surface area (Å²) in [6.45, 7) is 0. The van der Waals surface area contributed by atoms with Gasteiger partial charge >= 0.3 is 0 Å². The number of nitrogens with zero attached hydrogens (tertiary/aromatic N) is 2. The van der Waals surface area contributed by atoms with Gasteiger partial charge in [0.1, 0.15) is 11.5 Å². The van der Waals surface area contributed by atoms with Crippen molar-refractivity contribution in [3.8, 4) is 34.0 Å². The van der Waals surface area contributed by atoms with Gasteiger partial charge in [0.05, 0.1) is 47.8 Å². The number of anilines is 2. The third-order valence-corrected chi connectivity index (χ3v) is 9.48. The third-order valence-electron chi connectivity index (χ3n) is 9.48. The van der Waals surface area contributed by atoms with Crippen molar-refractivity contribution in [2.75, 3.05) is 24.9 Å². The van der Waals surface area contributed by atoms with Crippen LogP contribution in [-0.2, 0) is 6.42 Å². The molecule has 0 unspecified atom stereocenters.